The van der Waals surface area contributed by atoms with Gasteiger partial charge in [0.1, 0.15) is 0 Å². The molecular weight excluding hydrogens is 294 g/mol. The quantitative estimate of drug-likeness (QED) is 0.850. The van der Waals surface area contributed by atoms with E-state index in [2.05, 4.69) is 39.4 Å². The molecule has 1 atom stereocenters. The average Bonchev–Trinajstić information content (AvgIpc) is 2.72. The van der Waals surface area contributed by atoms with Crippen LogP contribution in [-0.4, -0.2) is 19.1 Å². The third-order valence-corrected chi connectivity index (χ3v) is 3.70. The zero-order valence-electron chi connectivity index (χ0n) is 10.5. The summed E-state index contributed by atoms with van der Waals surface area (Å²) >= 11 is 3.50. The summed E-state index contributed by atoms with van der Waals surface area (Å²) in [5.41, 5.74) is 2.76. The molecule has 0 heterocycles. The molecule has 1 aliphatic rings. The van der Waals surface area contributed by atoms with Gasteiger partial charge in [0.15, 0.2) is 0 Å². The number of fused-ring (bicyclic) bond motifs is 1. The van der Waals surface area contributed by atoms with E-state index in [9.17, 15) is 4.79 Å². The highest BCUT2D eigenvalue weighted by molar-refractivity contribution is 9.10. The van der Waals surface area contributed by atoms with Crippen LogP contribution < -0.4 is 5.32 Å². The third kappa shape index (κ3) is 3.33. The van der Waals surface area contributed by atoms with Crippen molar-refractivity contribution >= 4 is 21.9 Å². The molecule has 0 aliphatic heterocycles. The smallest absolute Gasteiger partial charge is 0.307 e. The van der Waals surface area contributed by atoms with Crippen LogP contribution in [0.15, 0.2) is 22.7 Å². The number of rotatable bonds is 5. The molecule has 4 heteroatoms. The molecule has 18 heavy (non-hydrogen) atoms. The fourth-order valence-corrected chi connectivity index (χ4v) is 2.75. The first-order valence-electron chi connectivity index (χ1n) is 6.38. The van der Waals surface area contributed by atoms with E-state index in [-0.39, 0.29) is 5.97 Å². The number of halogens is 1. The van der Waals surface area contributed by atoms with Gasteiger partial charge < -0.3 is 10.1 Å². The van der Waals surface area contributed by atoms with Crippen LogP contribution >= 0.6 is 15.9 Å². The van der Waals surface area contributed by atoms with Gasteiger partial charge in [-0.2, -0.15) is 0 Å². The second-order valence-corrected chi connectivity index (χ2v) is 5.36. The zero-order valence-corrected chi connectivity index (χ0v) is 12.1. The van der Waals surface area contributed by atoms with E-state index >= 15 is 0 Å². The largest absolute Gasteiger partial charge is 0.466 e. The van der Waals surface area contributed by atoms with Gasteiger partial charge in [-0.15, -0.1) is 0 Å². The van der Waals surface area contributed by atoms with Crippen molar-refractivity contribution < 1.29 is 9.53 Å². The Kier molecular flexibility index (Phi) is 4.78. The Morgan fingerprint density at radius 1 is 1.56 bits per heavy atom. The molecule has 0 saturated carbocycles. The molecule has 3 nitrogen and oxygen atoms in total. The second kappa shape index (κ2) is 6.34. The van der Waals surface area contributed by atoms with Crippen molar-refractivity contribution in [1.29, 1.82) is 0 Å². The Labute approximate surface area is 116 Å². The molecule has 1 aliphatic carbocycles. The standard InChI is InChI=1S/C14H18BrNO2/c1-2-18-14(17)7-8-16-13-6-4-10-3-5-11(15)9-12(10)13/h3,5,9,13,16H,2,4,6-8H2,1H3. The maximum atomic E-state index is 11.2. The van der Waals surface area contributed by atoms with E-state index in [4.69, 9.17) is 4.74 Å². The molecule has 1 unspecified atom stereocenters. The van der Waals surface area contributed by atoms with Crippen LogP contribution in [0.2, 0.25) is 0 Å². The first-order chi connectivity index (χ1) is 8.70. The van der Waals surface area contributed by atoms with Crippen LogP contribution in [0.25, 0.3) is 0 Å². The van der Waals surface area contributed by atoms with Crippen molar-refractivity contribution in [3.8, 4) is 0 Å². The number of benzene rings is 1. The fourth-order valence-electron chi connectivity index (χ4n) is 2.37. The number of ether oxygens (including phenoxy) is 1. The van der Waals surface area contributed by atoms with Crippen molar-refractivity contribution in [2.75, 3.05) is 13.2 Å². The lowest BCUT2D eigenvalue weighted by Crippen LogP contribution is -2.23. The van der Waals surface area contributed by atoms with Crippen LogP contribution in [0.4, 0.5) is 0 Å². The summed E-state index contributed by atoms with van der Waals surface area (Å²) in [4.78, 5) is 11.2. The van der Waals surface area contributed by atoms with Crippen LogP contribution in [0.1, 0.15) is 36.9 Å². The Bertz CT molecular complexity index is 434. The normalized spacial score (nSPS) is 17.6. The molecule has 1 aromatic rings. The highest BCUT2D eigenvalue weighted by atomic mass is 79.9. The maximum Gasteiger partial charge on any atom is 0.307 e. The van der Waals surface area contributed by atoms with Gasteiger partial charge >= 0.3 is 5.97 Å². The topological polar surface area (TPSA) is 38.3 Å². The monoisotopic (exact) mass is 311 g/mol. The summed E-state index contributed by atoms with van der Waals surface area (Å²) < 4.78 is 6.02. The number of carbonyl (C=O) groups is 1. The van der Waals surface area contributed by atoms with Crippen LogP contribution in [0, 0.1) is 0 Å². The van der Waals surface area contributed by atoms with E-state index in [1.165, 1.54) is 11.1 Å². The van der Waals surface area contributed by atoms with E-state index < -0.39 is 0 Å². The van der Waals surface area contributed by atoms with Crippen molar-refractivity contribution in [2.45, 2.75) is 32.2 Å². The van der Waals surface area contributed by atoms with Gasteiger partial charge in [-0.05, 0) is 43.0 Å². The molecule has 0 radical (unpaired) electrons. The van der Waals surface area contributed by atoms with Gasteiger partial charge in [-0.3, -0.25) is 4.79 Å². The Morgan fingerprint density at radius 3 is 3.17 bits per heavy atom. The van der Waals surface area contributed by atoms with Gasteiger partial charge in [0, 0.05) is 17.1 Å². The maximum absolute atomic E-state index is 11.2. The first kappa shape index (κ1) is 13.6. The van der Waals surface area contributed by atoms with E-state index in [0.717, 1.165) is 17.3 Å². The summed E-state index contributed by atoms with van der Waals surface area (Å²) in [5, 5.41) is 3.43. The lowest BCUT2D eigenvalue weighted by molar-refractivity contribution is -0.143. The number of aryl methyl sites for hydroxylation is 1. The van der Waals surface area contributed by atoms with Crippen molar-refractivity contribution in [3.63, 3.8) is 0 Å². The summed E-state index contributed by atoms with van der Waals surface area (Å²) in [5.74, 6) is -0.127. The van der Waals surface area contributed by atoms with Crippen LogP contribution in [-0.2, 0) is 16.0 Å². The Balaban J connectivity index is 1.86. The first-order valence-corrected chi connectivity index (χ1v) is 7.17. The summed E-state index contributed by atoms with van der Waals surface area (Å²) in [6.07, 6.45) is 2.65. The lowest BCUT2D eigenvalue weighted by atomic mass is 10.1. The molecule has 2 rings (SSSR count). The zero-order chi connectivity index (χ0) is 13.0. The molecule has 0 bridgehead atoms. The minimum Gasteiger partial charge on any atom is -0.466 e. The molecule has 0 fully saturated rings. The van der Waals surface area contributed by atoms with Crippen molar-refractivity contribution in [3.05, 3.63) is 33.8 Å². The van der Waals surface area contributed by atoms with Gasteiger partial charge in [-0.1, -0.05) is 22.0 Å². The molecule has 0 amide bonds. The Morgan fingerprint density at radius 2 is 2.39 bits per heavy atom. The van der Waals surface area contributed by atoms with E-state index in [0.29, 0.717) is 25.6 Å². The molecular formula is C14H18BrNO2. The molecule has 1 N–H and O–H groups in total. The van der Waals surface area contributed by atoms with Gasteiger partial charge in [0.25, 0.3) is 0 Å². The molecule has 98 valence electrons. The minimum absolute atomic E-state index is 0.127. The van der Waals surface area contributed by atoms with Crippen molar-refractivity contribution in [2.24, 2.45) is 0 Å². The summed E-state index contributed by atoms with van der Waals surface area (Å²) in [6.45, 7) is 2.96. The molecule has 0 saturated heterocycles. The average molecular weight is 312 g/mol. The highest BCUT2D eigenvalue weighted by Gasteiger charge is 2.22. The molecule has 1 aromatic carbocycles. The SMILES string of the molecule is CCOC(=O)CCNC1CCc2ccc(Br)cc21. The summed E-state index contributed by atoms with van der Waals surface area (Å²) in [6, 6.07) is 6.79. The highest BCUT2D eigenvalue weighted by Crippen LogP contribution is 2.32. The van der Waals surface area contributed by atoms with Crippen molar-refractivity contribution in [1.82, 2.24) is 5.32 Å². The van der Waals surface area contributed by atoms with E-state index in [1.54, 1.807) is 0 Å². The third-order valence-electron chi connectivity index (χ3n) is 3.21. The van der Waals surface area contributed by atoms with Gasteiger partial charge in [0.2, 0.25) is 0 Å². The second-order valence-electron chi connectivity index (χ2n) is 4.44. The van der Waals surface area contributed by atoms with Gasteiger partial charge in [0.05, 0.1) is 13.0 Å². The van der Waals surface area contributed by atoms with E-state index in [1.807, 2.05) is 6.92 Å². The fraction of sp³-hybridized carbons (Fsp3) is 0.500. The lowest BCUT2D eigenvalue weighted by Gasteiger charge is -2.14. The number of esters is 1. The molecule has 0 spiro atoms. The number of carbonyl (C=O) groups excluding carboxylic acids is 1. The molecule has 0 aromatic heterocycles. The predicted octanol–water partition coefficient (Wildman–Crippen LogP) is 2.98. The minimum atomic E-state index is -0.127. The summed E-state index contributed by atoms with van der Waals surface area (Å²) in [7, 11) is 0. The number of hydrogen-bond donors (Lipinski definition) is 1. The van der Waals surface area contributed by atoms with Crippen LogP contribution in [0.3, 0.4) is 0 Å². The number of nitrogens with one attached hydrogen (secondary N) is 1. The number of hydrogen-bond acceptors (Lipinski definition) is 3. The van der Waals surface area contributed by atoms with Gasteiger partial charge in [-0.25, -0.2) is 0 Å². The Hall–Kier alpha value is -0.870. The predicted molar refractivity (Wildman–Crippen MR) is 74.5 cm³/mol. The van der Waals surface area contributed by atoms with Crippen LogP contribution in [0.5, 0.6) is 0 Å².